The second kappa shape index (κ2) is 5.19. The van der Waals surface area contributed by atoms with Crippen LogP contribution in [0.4, 0.5) is 0 Å². The zero-order valence-corrected chi connectivity index (χ0v) is 10.0. The van der Waals surface area contributed by atoms with Crippen LogP contribution in [0.5, 0.6) is 5.75 Å². The van der Waals surface area contributed by atoms with E-state index < -0.39 is 0 Å². The Labute approximate surface area is 101 Å². The molecule has 1 saturated heterocycles. The molecule has 0 radical (unpaired) electrons. The SMILES string of the molecule is CN(CC1CCCN1)C(=O)c1cccc(O)c1. The van der Waals surface area contributed by atoms with E-state index in [4.69, 9.17) is 0 Å². The van der Waals surface area contributed by atoms with Gasteiger partial charge in [-0.2, -0.15) is 0 Å². The minimum atomic E-state index is -0.0467. The van der Waals surface area contributed by atoms with Gasteiger partial charge in [0.15, 0.2) is 0 Å². The third-order valence-corrected chi connectivity index (χ3v) is 3.10. The molecule has 1 fully saturated rings. The van der Waals surface area contributed by atoms with Crippen LogP contribution in [-0.2, 0) is 0 Å². The van der Waals surface area contributed by atoms with Crippen molar-refractivity contribution in [2.45, 2.75) is 18.9 Å². The first-order chi connectivity index (χ1) is 8.16. The Morgan fingerprint density at radius 1 is 1.59 bits per heavy atom. The minimum absolute atomic E-state index is 0.0467. The molecule has 0 spiro atoms. The molecular formula is C13H18N2O2. The van der Waals surface area contributed by atoms with E-state index in [9.17, 15) is 9.90 Å². The summed E-state index contributed by atoms with van der Waals surface area (Å²) in [5.41, 5.74) is 0.533. The van der Waals surface area contributed by atoms with Crippen LogP contribution in [0.15, 0.2) is 24.3 Å². The maximum atomic E-state index is 12.1. The standard InChI is InChI=1S/C13H18N2O2/c1-15(9-11-5-3-7-14-11)13(17)10-4-2-6-12(16)8-10/h2,4,6,8,11,14,16H,3,5,7,9H2,1H3. The van der Waals surface area contributed by atoms with Gasteiger partial charge in [0, 0.05) is 25.2 Å². The molecule has 1 amide bonds. The first-order valence-electron chi connectivity index (χ1n) is 5.94. The minimum Gasteiger partial charge on any atom is -0.508 e. The zero-order valence-electron chi connectivity index (χ0n) is 10.0. The fourth-order valence-electron chi connectivity index (χ4n) is 2.19. The van der Waals surface area contributed by atoms with E-state index in [-0.39, 0.29) is 11.7 Å². The highest BCUT2D eigenvalue weighted by Gasteiger charge is 2.19. The predicted molar refractivity (Wildman–Crippen MR) is 66.1 cm³/mol. The molecule has 0 bridgehead atoms. The van der Waals surface area contributed by atoms with Crippen molar-refractivity contribution < 1.29 is 9.90 Å². The summed E-state index contributed by atoms with van der Waals surface area (Å²) in [7, 11) is 1.80. The van der Waals surface area contributed by atoms with Crippen LogP contribution >= 0.6 is 0 Å². The number of phenols is 1. The van der Waals surface area contributed by atoms with Crippen LogP contribution in [0.1, 0.15) is 23.2 Å². The Bertz CT molecular complexity index is 400. The van der Waals surface area contributed by atoms with Crippen molar-refractivity contribution in [3.63, 3.8) is 0 Å². The van der Waals surface area contributed by atoms with Crippen molar-refractivity contribution in [3.8, 4) is 5.75 Å². The lowest BCUT2D eigenvalue weighted by atomic mass is 10.1. The second-order valence-electron chi connectivity index (χ2n) is 4.53. The van der Waals surface area contributed by atoms with Gasteiger partial charge in [-0.25, -0.2) is 0 Å². The number of nitrogens with zero attached hydrogens (tertiary/aromatic N) is 1. The summed E-state index contributed by atoms with van der Waals surface area (Å²) in [6.45, 7) is 1.76. The monoisotopic (exact) mass is 234 g/mol. The molecule has 1 unspecified atom stereocenters. The number of aromatic hydroxyl groups is 1. The van der Waals surface area contributed by atoms with Gasteiger partial charge in [-0.05, 0) is 37.6 Å². The summed E-state index contributed by atoms with van der Waals surface area (Å²) >= 11 is 0. The summed E-state index contributed by atoms with van der Waals surface area (Å²) in [5.74, 6) is 0.0813. The van der Waals surface area contributed by atoms with Gasteiger partial charge in [0.1, 0.15) is 5.75 Å². The molecule has 0 aromatic heterocycles. The van der Waals surface area contributed by atoms with Gasteiger partial charge >= 0.3 is 0 Å². The molecule has 0 saturated carbocycles. The summed E-state index contributed by atoms with van der Waals surface area (Å²) in [4.78, 5) is 13.8. The van der Waals surface area contributed by atoms with Crippen molar-refractivity contribution in [1.82, 2.24) is 10.2 Å². The number of hydrogen-bond acceptors (Lipinski definition) is 3. The van der Waals surface area contributed by atoms with Crippen LogP contribution in [-0.4, -0.2) is 42.1 Å². The Morgan fingerprint density at radius 3 is 3.06 bits per heavy atom. The van der Waals surface area contributed by atoms with Crippen LogP contribution in [0.2, 0.25) is 0 Å². The summed E-state index contributed by atoms with van der Waals surface area (Å²) in [5, 5.41) is 12.7. The highest BCUT2D eigenvalue weighted by atomic mass is 16.3. The molecule has 1 aliphatic rings. The summed E-state index contributed by atoms with van der Waals surface area (Å²) in [6, 6.07) is 6.88. The average Bonchev–Trinajstić information content (AvgIpc) is 2.80. The lowest BCUT2D eigenvalue weighted by Crippen LogP contribution is -2.38. The van der Waals surface area contributed by atoms with E-state index in [1.165, 1.54) is 12.5 Å². The van der Waals surface area contributed by atoms with Crippen molar-refractivity contribution in [2.75, 3.05) is 20.1 Å². The van der Waals surface area contributed by atoms with Crippen molar-refractivity contribution in [1.29, 1.82) is 0 Å². The summed E-state index contributed by atoms with van der Waals surface area (Å²) in [6.07, 6.45) is 2.30. The van der Waals surface area contributed by atoms with E-state index >= 15 is 0 Å². The van der Waals surface area contributed by atoms with Gasteiger partial charge in [0.25, 0.3) is 5.91 Å². The van der Waals surface area contributed by atoms with Gasteiger partial charge in [0.2, 0.25) is 0 Å². The first-order valence-corrected chi connectivity index (χ1v) is 5.94. The molecule has 4 nitrogen and oxygen atoms in total. The summed E-state index contributed by atoms with van der Waals surface area (Å²) < 4.78 is 0. The van der Waals surface area contributed by atoms with Gasteiger partial charge in [0.05, 0.1) is 0 Å². The molecule has 1 atom stereocenters. The van der Waals surface area contributed by atoms with Crippen LogP contribution in [0.3, 0.4) is 0 Å². The van der Waals surface area contributed by atoms with E-state index in [0.29, 0.717) is 18.2 Å². The Balaban J connectivity index is 1.98. The lowest BCUT2D eigenvalue weighted by molar-refractivity contribution is 0.0783. The highest BCUT2D eigenvalue weighted by Crippen LogP contribution is 2.13. The largest absolute Gasteiger partial charge is 0.508 e. The van der Waals surface area contributed by atoms with E-state index in [0.717, 1.165) is 13.0 Å². The van der Waals surface area contributed by atoms with Crippen LogP contribution in [0, 0.1) is 0 Å². The molecule has 1 aliphatic heterocycles. The number of carbonyl (C=O) groups is 1. The maximum absolute atomic E-state index is 12.1. The molecule has 4 heteroatoms. The first kappa shape index (κ1) is 11.9. The number of rotatable bonds is 3. The number of phenolic OH excluding ortho intramolecular Hbond substituents is 1. The normalized spacial score (nSPS) is 19.2. The number of benzene rings is 1. The topological polar surface area (TPSA) is 52.6 Å². The highest BCUT2D eigenvalue weighted by molar-refractivity contribution is 5.94. The van der Waals surface area contributed by atoms with Gasteiger partial charge in [-0.1, -0.05) is 6.07 Å². The van der Waals surface area contributed by atoms with Crippen LogP contribution in [0.25, 0.3) is 0 Å². The van der Waals surface area contributed by atoms with Crippen LogP contribution < -0.4 is 5.32 Å². The molecule has 1 aromatic carbocycles. The molecule has 0 aliphatic carbocycles. The van der Waals surface area contributed by atoms with Gasteiger partial charge in [-0.15, -0.1) is 0 Å². The van der Waals surface area contributed by atoms with Gasteiger partial charge in [-0.3, -0.25) is 4.79 Å². The number of carbonyl (C=O) groups excluding carboxylic acids is 1. The molecule has 1 aromatic rings. The van der Waals surface area contributed by atoms with Crippen molar-refractivity contribution >= 4 is 5.91 Å². The Hall–Kier alpha value is -1.55. The Kier molecular flexibility index (Phi) is 3.64. The average molecular weight is 234 g/mol. The smallest absolute Gasteiger partial charge is 0.253 e. The van der Waals surface area contributed by atoms with E-state index in [1.807, 2.05) is 0 Å². The quantitative estimate of drug-likeness (QED) is 0.826. The third kappa shape index (κ3) is 2.97. The zero-order chi connectivity index (χ0) is 12.3. The van der Waals surface area contributed by atoms with E-state index in [2.05, 4.69) is 5.32 Å². The number of amides is 1. The van der Waals surface area contributed by atoms with Crippen molar-refractivity contribution in [2.24, 2.45) is 0 Å². The molecule has 92 valence electrons. The lowest BCUT2D eigenvalue weighted by Gasteiger charge is -2.21. The number of nitrogens with one attached hydrogen (secondary N) is 1. The maximum Gasteiger partial charge on any atom is 0.253 e. The second-order valence-corrected chi connectivity index (χ2v) is 4.53. The van der Waals surface area contributed by atoms with Crippen molar-refractivity contribution in [3.05, 3.63) is 29.8 Å². The molecule has 2 rings (SSSR count). The number of likely N-dealkylation sites (N-methyl/N-ethyl adjacent to an activating group) is 1. The molecule has 17 heavy (non-hydrogen) atoms. The fourth-order valence-corrected chi connectivity index (χ4v) is 2.19. The fraction of sp³-hybridized carbons (Fsp3) is 0.462. The molecule has 1 heterocycles. The molecular weight excluding hydrogens is 216 g/mol. The van der Waals surface area contributed by atoms with Gasteiger partial charge < -0.3 is 15.3 Å². The molecule has 2 N–H and O–H groups in total. The number of hydrogen-bond donors (Lipinski definition) is 2. The third-order valence-electron chi connectivity index (χ3n) is 3.10. The predicted octanol–water partition coefficient (Wildman–Crippen LogP) is 1.22. The Morgan fingerprint density at radius 2 is 2.41 bits per heavy atom. The van der Waals surface area contributed by atoms with E-state index in [1.54, 1.807) is 30.1 Å².